The number of hydrogen-bond donors (Lipinski definition) is 0. The molecular formula is C25H31F3O. The van der Waals surface area contributed by atoms with E-state index in [9.17, 15) is 13.2 Å². The lowest BCUT2D eigenvalue weighted by Gasteiger charge is -2.29. The summed E-state index contributed by atoms with van der Waals surface area (Å²) in [5.74, 6) is -2.08. The minimum absolute atomic E-state index is 0.0138. The Hall–Kier alpha value is -1.81. The van der Waals surface area contributed by atoms with Gasteiger partial charge in [-0.1, -0.05) is 57.4 Å². The van der Waals surface area contributed by atoms with Crippen molar-refractivity contribution in [1.29, 1.82) is 0 Å². The van der Waals surface area contributed by atoms with Gasteiger partial charge < -0.3 is 4.74 Å². The molecule has 0 amide bonds. The normalized spacial score (nSPS) is 19.5. The molecule has 0 aromatic heterocycles. The SMILES string of the molecule is CCCCc1ccc(-c2ccc(C3CCC(CCCC)OC3)c(F)c2)c(F)c1F. The van der Waals surface area contributed by atoms with Crippen LogP contribution in [0.15, 0.2) is 30.3 Å². The van der Waals surface area contributed by atoms with Crippen LogP contribution in [0.1, 0.15) is 75.8 Å². The molecule has 1 heterocycles. The summed E-state index contributed by atoms with van der Waals surface area (Å²) in [5, 5.41) is 0. The second-order valence-electron chi connectivity index (χ2n) is 8.11. The number of halogens is 3. The summed E-state index contributed by atoms with van der Waals surface area (Å²) in [4.78, 5) is 0. The van der Waals surface area contributed by atoms with E-state index in [4.69, 9.17) is 4.74 Å². The van der Waals surface area contributed by atoms with Crippen LogP contribution >= 0.6 is 0 Å². The van der Waals surface area contributed by atoms with Gasteiger partial charge in [0.15, 0.2) is 11.6 Å². The zero-order valence-electron chi connectivity index (χ0n) is 17.4. The van der Waals surface area contributed by atoms with E-state index < -0.39 is 11.6 Å². The zero-order chi connectivity index (χ0) is 20.8. The molecule has 0 radical (unpaired) electrons. The smallest absolute Gasteiger partial charge is 0.166 e. The maximum absolute atomic E-state index is 14.8. The fourth-order valence-corrected chi connectivity index (χ4v) is 4.11. The van der Waals surface area contributed by atoms with Crippen molar-refractivity contribution in [3.05, 3.63) is 58.9 Å². The second kappa shape index (κ2) is 10.3. The van der Waals surface area contributed by atoms with Crippen molar-refractivity contribution in [2.75, 3.05) is 6.61 Å². The summed E-state index contributed by atoms with van der Waals surface area (Å²) in [6.07, 6.45) is 7.69. The maximum atomic E-state index is 14.8. The van der Waals surface area contributed by atoms with E-state index >= 15 is 0 Å². The van der Waals surface area contributed by atoms with Crippen LogP contribution in [0.4, 0.5) is 13.2 Å². The Morgan fingerprint density at radius 2 is 1.72 bits per heavy atom. The second-order valence-corrected chi connectivity index (χ2v) is 8.11. The average Bonchev–Trinajstić information content (AvgIpc) is 2.74. The van der Waals surface area contributed by atoms with Gasteiger partial charge in [-0.3, -0.25) is 0 Å². The van der Waals surface area contributed by atoms with Crippen molar-refractivity contribution < 1.29 is 17.9 Å². The van der Waals surface area contributed by atoms with Crippen LogP contribution in [0.25, 0.3) is 11.1 Å². The Labute approximate surface area is 172 Å². The maximum Gasteiger partial charge on any atom is 0.166 e. The highest BCUT2D eigenvalue weighted by atomic mass is 19.2. The molecule has 2 atom stereocenters. The molecule has 2 aromatic rings. The Bertz CT molecular complexity index is 810. The quantitative estimate of drug-likeness (QED) is 0.441. The lowest BCUT2D eigenvalue weighted by atomic mass is 9.88. The first-order chi connectivity index (χ1) is 14.0. The van der Waals surface area contributed by atoms with Crippen LogP contribution < -0.4 is 0 Å². The number of aryl methyl sites for hydroxylation is 1. The standard InChI is InChI=1S/C25H31F3O/c1-3-5-7-17-10-14-22(25(28)24(17)27)18-11-13-21(23(26)15-18)19-9-12-20(29-16-19)8-6-4-2/h10-11,13-15,19-20H,3-9,12,16H2,1-2H3. The zero-order valence-corrected chi connectivity index (χ0v) is 17.4. The first-order valence-corrected chi connectivity index (χ1v) is 10.9. The van der Waals surface area contributed by atoms with E-state index in [1.54, 1.807) is 24.3 Å². The third-order valence-corrected chi connectivity index (χ3v) is 5.96. The molecule has 2 unspecified atom stereocenters. The predicted octanol–water partition coefficient (Wildman–Crippen LogP) is 7.57. The molecule has 3 rings (SSSR count). The Morgan fingerprint density at radius 3 is 2.38 bits per heavy atom. The van der Waals surface area contributed by atoms with Crippen LogP contribution in [0.3, 0.4) is 0 Å². The van der Waals surface area contributed by atoms with Gasteiger partial charge in [-0.25, -0.2) is 13.2 Å². The molecule has 1 saturated heterocycles. The monoisotopic (exact) mass is 404 g/mol. The van der Waals surface area contributed by atoms with Gasteiger partial charge in [0.2, 0.25) is 0 Å². The summed E-state index contributed by atoms with van der Waals surface area (Å²) < 4.78 is 49.7. The topological polar surface area (TPSA) is 9.23 Å². The van der Waals surface area contributed by atoms with Crippen LogP contribution in [-0.2, 0) is 11.2 Å². The highest BCUT2D eigenvalue weighted by Crippen LogP contribution is 2.34. The van der Waals surface area contributed by atoms with E-state index in [1.807, 2.05) is 6.92 Å². The van der Waals surface area contributed by atoms with Gasteiger partial charge in [-0.05, 0) is 54.9 Å². The molecule has 1 aliphatic rings. The van der Waals surface area contributed by atoms with Crippen LogP contribution in [0, 0.1) is 17.5 Å². The molecule has 1 fully saturated rings. The van der Waals surface area contributed by atoms with Gasteiger partial charge in [0.05, 0.1) is 12.7 Å². The van der Waals surface area contributed by atoms with E-state index in [2.05, 4.69) is 6.92 Å². The van der Waals surface area contributed by atoms with E-state index in [0.717, 1.165) is 44.9 Å². The predicted molar refractivity (Wildman–Crippen MR) is 112 cm³/mol. The van der Waals surface area contributed by atoms with Crippen LogP contribution in [0.5, 0.6) is 0 Å². The number of unbranched alkanes of at least 4 members (excludes halogenated alkanes) is 2. The van der Waals surface area contributed by atoms with Crippen molar-refractivity contribution in [3.63, 3.8) is 0 Å². The number of ether oxygens (including phenoxy) is 1. The lowest BCUT2D eigenvalue weighted by molar-refractivity contribution is -0.00249. The fourth-order valence-electron chi connectivity index (χ4n) is 4.11. The molecule has 158 valence electrons. The van der Waals surface area contributed by atoms with Crippen molar-refractivity contribution >= 4 is 0 Å². The molecule has 1 aliphatic heterocycles. The van der Waals surface area contributed by atoms with Crippen LogP contribution in [0.2, 0.25) is 0 Å². The van der Waals surface area contributed by atoms with Gasteiger partial charge >= 0.3 is 0 Å². The van der Waals surface area contributed by atoms with E-state index in [1.165, 1.54) is 6.07 Å². The third-order valence-electron chi connectivity index (χ3n) is 5.96. The highest BCUT2D eigenvalue weighted by molar-refractivity contribution is 5.65. The molecule has 29 heavy (non-hydrogen) atoms. The van der Waals surface area contributed by atoms with Gasteiger partial charge in [0, 0.05) is 11.5 Å². The summed E-state index contributed by atoms with van der Waals surface area (Å²) in [5.41, 5.74) is 1.44. The fraction of sp³-hybridized carbons (Fsp3) is 0.520. The molecule has 0 saturated carbocycles. The van der Waals surface area contributed by atoms with Crippen molar-refractivity contribution in [2.24, 2.45) is 0 Å². The van der Waals surface area contributed by atoms with Gasteiger partial charge in [0.1, 0.15) is 5.82 Å². The van der Waals surface area contributed by atoms with E-state index in [-0.39, 0.29) is 23.4 Å². The van der Waals surface area contributed by atoms with Gasteiger partial charge in [0.25, 0.3) is 0 Å². The minimum atomic E-state index is -0.898. The Kier molecular flexibility index (Phi) is 7.77. The summed E-state index contributed by atoms with van der Waals surface area (Å²) in [7, 11) is 0. The largest absolute Gasteiger partial charge is 0.378 e. The molecule has 0 N–H and O–H groups in total. The molecule has 0 aliphatic carbocycles. The van der Waals surface area contributed by atoms with Crippen molar-refractivity contribution in [2.45, 2.75) is 77.2 Å². The molecule has 0 spiro atoms. The summed E-state index contributed by atoms with van der Waals surface area (Å²) >= 11 is 0. The molecule has 1 nitrogen and oxygen atoms in total. The molecule has 2 aromatic carbocycles. The lowest BCUT2D eigenvalue weighted by Crippen LogP contribution is -2.25. The number of benzene rings is 2. The molecular weight excluding hydrogens is 373 g/mol. The Morgan fingerprint density at radius 1 is 0.931 bits per heavy atom. The minimum Gasteiger partial charge on any atom is -0.378 e. The highest BCUT2D eigenvalue weighted by Gasteiger charge is 2.25. The Balaban J connectivity index is 1.74. The van der Waals surface area contributed by atoms with Gasteiger partial charge in [-0.15, -0.1) is 0 Å². The summed E-state index contributed by atoms with van der Waals surface area (Å²) in [6, 6.07) is 7.88. The third kappa shape index (κ3) is 5.22. The van der Waals surface area contributed by atoms with Crippen molar-refractivity contribution in [3.8, 4) is 11.1 Å². The van der Waals surface area contributed by atoms with E-state index in [0.29, 0.717) is 29.7 Å². The van der Waals surface area contributed by atoms with Crippen LogP contribution in [-0.4, -0.2) is 12.7 Å². The summed E-state index contributed by atoms with van der Waals surface area (Å²) in [6.45, 7) is 4.69. The first kappa shape index (κ1) is 21.9. The van der Waals surface area contributed by atoms with Crippen molar-refractivity contribution in [1.82, 2.24) is 0 Å². The number of rotatable bonds is 8. The molecule has 0 bridgehead atoms. The number of hydrogen-bond acceptors (Lipinski definition) is 1. The molecule has 4 heteroatoms. The first-order valence-electron chi connectivity index (χ1n) is 10.9. The van der Waals surface area contributed by atoms with Gasteiger partial charge in [-0.2, -0.15) is 0 Å². The average molecular weight is 405 g/mol.